The molecule has 2 aliphatic rings. The van der Waals surface area contributed by atoms with Crippen LogP contribution in [0.1, 0.15) is 30.8 Å². The molecule has 0 saturated carbocycles. The SMILES string of the molecule is CC(=O)NC[C@H]1CN(c2ccc(N3CCC[C@H](F)[C@H]3N[C@H](c3cccs3)[N+](=O)[O-])cc2)C(=O)O1. The zero-order valence-electron chi connectivity index (χ0n) is 18.6. The van der Waals surface area contributed by atoms with E-state index in [0.29, 0.717) is 42.2 Å². The van der Waals surface area contributed by atoms with Crippen molar-refractivity contribution >= 4 is 34.7 Å². The predicted molar refractivity (Wildman–Crippen MR) is 125 cm³/mol. The van der Waals surface area contributed by atoms with Gasteiger partial charge in [-0.15, -0.1) is 11.3 Å². The van der Waals surface area contributed by atoms with Crippen molar-refractivity contribution in [3.8, 4) is 0 Å². The van der Waals surface area contributed by atoms with E-state index < -0.39 is 35.6 Å². The van der Waals surface area contributed by atoms with E-state index in [1.54, 1.807) is 46.7 Å². The maximum atomic E-state index is 15.0. The number of ether oxygens (including phenoxy) is 1. The van der Waals surface area contributed by atoms with E-state index in [2.05, 4.69) is 10.6 Å². The predicted octanol–water partition coefficient (Wildman–Crippen LogP) is 3.04. The Labute approximate surface area is 199 Å². The number of carbonyl (C=O) groups excluding carboxylic acids is 2. The highest BCUT2D eigenvalue weighted by Gasteiger charge is 2.38. The Kier molecular flexibility index (Phi) is 7.27. The van der Waals surface area contributed by atoms with Crippen LogP contribution in [0.3, 0.4) is 0 Å². The van der Waals surface area contributed by atoms with Crippen LogP contribution in [0.2, 0.25) is 0 Å². The fourth-order valence-electron chi connectivity index (χ4n) is 4.21. The number of rotatable bonds is 8. The summed E-state index contributed by atoms with van der Waals surface area (Å²) in [7, 11) is 0. The normalized spacial score (nSPS) is 23.5. The summed E-state index contributed by atoms with van der Waals surface area (Å²) in [5.41, 5.74) is 1.30. The topological polar surface area (TPSA) is 117 Å². The lowest BCUT2D eigenvalue weighted by Gasteiger charge is -2.40. The molecule has 0 unspecified atom stereocenters. The fraction of sp³-hybridized carbons (Fsp3) is 0.455. The van der Waals surface area contributed by atoms with Gasteiger partial charge in [-0.05, 0) is 48.6 Å². The Morgan fingerprint density at radius 1 is 1.32 bits per heavy atom. The monoisotopic (exact) mass is 491 g/mol. The van der Waals surface area contributed by atoms with E-state index >= 15 is 0 Å². The maximum Gasteiger partial charge on any atom is 0.414 e. The minimum absolute atomic E-state index is 0.201. The second-order valence-electron chi connectivity index (χ2n) is 8.24. The number of amides is 2. The van der Waals surface area contributed by atoms with Gasteiger partial charge in [0.2, 0.25) is 5.91 Å². The number of hydrogen-bond donors (Lipinski definition) is 2. The number of nitrogens with zero attached hydrogens (tertiary/aromatic N) is 3. The molecule has 2 fully saturated rings. The highest BCUT2D eigenvalue weighted by molar-refractivity contribution is 7.10. The number of nitro groups is 1. The van der Waals surface area contributed by atoms with Crippen molar-refractivity contribution < 1.29 is 23.6 Å². The smallest absolute Gasteiger partial charge is 0.414 e. The van der Waals surface area contributed by atoms with Gasteiger partial charge >= 0.3 is 12.3 Å². The standard InChI is InChI=1S/C22H26FN5O5S/c1-14(29)24-12-17-13-27(22(30)33-17)16-8-6-15(7-9-16)26-10-2-4-18(23)20(26)25-21(28(31)32)19-5-3-11-34-19/h3,5-9,11,17-18,20-21,25H,2,4,10,12-13H2,1H3,(H,24,29)/t17-,18-,20-,21-/m0/s1. The molecule has 2 N–H and O–H groups in total. The number of hydrogen-bond acceptors (Lipinski definition) is 8. The molecular formula is C22H26FN5O5S. The first kappa shape index (κ1) is 23.9. The quantitative estimate of drug-likeness (QED) is 0.331. The zero-order valence-corrected chi connectivity index (χ0v) is 19.4. The Balaban J connectivity index is 1.48. The lowest BCUT2D eigenvalue weighted by atomic mass is 10.0. The van der Waals surface area contributed by atoms with Crippen LogP contribution in [-0.2, 0) is 9.53 Å². The van der Waals surface area contributed by atoms with Gasteiger partial charge in [0.1, 0.15) is 18.4 Å². The van der Waals surface area contributed by atoms with Crippen molar-refractivity contribution in [2.45, 2.75) is 44.4 Å². The first-order chi connectivity index (χ1) is 16.3. The minimum Gasteiger partial charge on any atom is -0.442 e. The minimum atomic E-state index is -1.28. The number of carbonyl (C=O) groups is 2. The van der Waals surface area contributed by atoms with Crippen molar-refractivity contribution in [3.63, 3.8) is 0 Å². The summed E-state index contributed by atoms with van der Waals surface area (Å²) < 4.78 is 20.3. The number of halogens is 1. The molecule has 2 saturated heterocycles. The second kappa shape index (κ2) is 10.3. The van der Waals surface area contributed by atoms with E-state index in [0.717, 1.165) is 0 Å². The number of anilines is 2. The number of thiophene rings is 1. The van der Waals surface area contributed by atoms with Gasteiger partial charge in [-0.1, -0.05) is 6.07 Å². The molecule has 0 aliphatic carbocycles. The molecule has 3 heterocycles. The van der Waals surface area contributed by atoms with Gasteiger partial charge in [0, 0.05) is 29.8 Å². The van der Waals surface area contributed by atoms with Gasteiger partial charge in [0.15, 0.2) is 0 Å². The number of alkyl halides is 1. The lowest BCUT2D eigenvalue weighted by molar-refractivity contribution is -0.536. The summed E-state index contributed by atoms with van der Waals surface area (Å²) in [4.78, 5) is 38.4. The first-order valence-electron chi connectivity index (χ1n) is 11.0. The zero-order chi connectivity index (χ0) is 24.2. The van der Waals surface area contributed by atoms with E-state index in [4.69, 9.17) is 4.74 Å². The summed E-state index contributed by atoms with van der Waals surface area (Å²) in [6, 6.07) is 10.4. The van der Waals surface area contributed by atoms with Gasteiger partial charge in [0.25, 0.3) is 0 Å². The molecule has 4 atom stereocenters. The van der Waals surface area contributed by atoms with Crippen LogP contribution in [-0.4, -0.2) is 55.0 Å². The average Bonchev–Trinajstić information content (AvgIpc) is 3.46. The van der Waals surface area contributed by atoms with Crippen LogP contribution in [0, 0.1) is 10.1 Å². The number of piperidine rings is 1. The summed E-state index contributed by atoms with van der Waals surface area (Å²) in [6.07, 6.45) is -3.37. The largest absolute Gasteiger partial charge is 0.442 e. The van der Waals surface area contributed by atoms with E-state index in [9.17, 15) is 24.1 Å². The van der Waals surface area contributed by atoms with Crippen molar-refractivity contribution in [3.05, 3.63) is 56.8 Å². The third-order valence-corrected chi connectivity index (χ3v) is 6.78. The van der Waals surface area contributed by atoms with Crippen LogP contribution >= 0.6 is 11.3 Å². The average molecular weight is 492 g/mol. The van der Waals surface area contributed by atoms with Crippen LogP contribution in [0.15, 0.2) is 41.8 Å². The first-order valence-corrected chi connectivity index (χ1v) is 11.9. The lowest BCUT2D eigenvalue weighted by Crippen LogP contribution is -2.56. The molecule has 12 heteroatoms. The van der Waals surface area contributed by atoms with Crippen molar-refractivity contribution in [1.82, 2.24) is 10.6 Å². The molecule has 34 heavy (non-hydrogen) atoms. The van der Waals surface area contributed by atoms with Crippen LogP contribution in [0.5, 0.6) is 0 Å². The van der Waals surface area contributed by atoms with Crippen molar-refractivity contribution in [1.29, 1.82) is 0 Å². The number of benzene rings is 1. The van der Waals surface area contributed by atoms with Crippen LogP contribution in [0.25, 0.3) is 0 Å². The summed E-state index contributed by atoms with van der Waals surface area (Å²) in [5, 5.41) is 19.0. The Hall–Kier alpha value is -3.25. The Bertz CT molecular complexity index is 1020. The molecular weight excluding hydrogens is 465 g/mol. The molecule has 0 bridgehead atoms. The maximum absolute atomic E-state index is 15.0. The number of cyclic esters (lactones) is 1. The molecule has 182 valence electrons. The highest BCUT2D eigenvalue weighted by atomic mass is 32.1. The van der Waals surface area contributed by atoms with Crippen molar-refractivity contribution in [2.75, 3.05) is 29.4 Å². The Morgan fingerprint density at radius 2 is 2.06 bits per heavy atom. The van der Waals surface area contributed by atoms with Crippen LogP contribution < -0.4 is 20.4 Å². The summed E-state index contributed by atoms with van der Waals surface area (Å²) in [6.45, 7) is 2.46. The summed E-state index contributed by atoms with van der Waals surface area (Å²) in [5.74, 6) is -0.201. The molecule has 4 rings (SSSR count). The molecule has 2 aromatic rings. The van der Waals surface area contributed by atoms with Gasteiger partial charge in [-0.3, -0.25) is 19.8 Å². The van der Waals surface area contributed by atoms with Gasteiger partial charge in [0.05, 0.1) is 18.0 Å². The molecule has 0 radical (unpaired) electrons. The molecule has 10 nitrogen and oxygen atoms in total. The van der Waals surface area contributed by atoms with Gasteiger partial charge in [-0.25, -0.2) is 14.5 Å². The highest BCUT2D eigenvalue weighted by Crippen LogP contribution is 2.31. The molecule has 2 amide bonds. The second-order valence-corrected chi connectivity index (χ2v) is 9.22. The van der Waals surface area contributed by atoms with E-state index in [-0.39, 0.29) is 12.5 Å². The third-order valence-electron chi connectivity index (χ3n) is 5.86. The van der Waals surface area contributed by atoms with Crippen molar-refractivity contribution in [2.24, 2.45) is 0 Å². The molecule has 1 aromatic carbocycles. The fourth-order valence-corrected chi connectivity index (χ4v) is 4.96. The molecule has 1 aromatic heterocycles. The van der Waals surface area contributed by atoms with E-state index in [1.807, 2.05) is 0 Å². The van der Waals surface area contributed by atoms with Gasteiger partial charge in [-0.2, -0.15) is 0 Å². The summed E-state index contributed by atoms with van der Waals surface area (Å²) >= 11 is 1.25. The number of nitrogens with one attached hydrogen (secondary N) is 2. The van der Waals surface area contributed by atoms with E-state index in [1.165, 1.54) is 23.2 Å². The Morgan fingerprint density at radius 3 is 2.71 bits per heavy atom. The molecule has 0 spiro atoms. The van der Waals surface area contributed by atoms with Gasteiger partial charge < -0.3 is 15.0 Å². The third kappa shape index (κ3) is 5.28. The van der Waals surface area contributed by atoms with Crippen LogP contribution in [0.4, 0.5) is 20.6 Å². The molecule has 2 aliphatic heterocycles.